The van der Waals surface area contributed by atoms with Gasteiger partial charge in [-0.1, -0.05) is 32.3 Å². The highest BCUT2D eigenvalue weighted by atomic mass is 19.1. The zero-order chi connectivity index (χ0) is 23.4. The number of ether oxygens (including phenoxy) is 1. The number of fused-ring (bicyclic) bond motifs is 1. The van der Waals surface area contributed by atoms with Gasteiger partial charge in [-0.2, -0.15) is 0 Å². The minimum Gasteiger partial charge on any atom is -0.487 e. The molecule has 2 aliphatic rings. The van der Waals surface area contributed by atoms with Gasteiger partial charge in [0.1, 0.15) is 17.7 Å². The van der Waals surface area contributed by atoms with Gasteiger partial charge in [-0.3, -0.25) is 9.59 Å². The number of anilines is 1. The van der Waals surface area contributed by atoms with E-state index >= 15 is 0 Å². The SMILES string of the molecule is CC1c2ccc(F)cc2OC1C(Nc1ccc(C(=O)NCCC(=O)O)cc1)C1CCCCC1. The third-order valence-electron chi connectivity index (χ3n) is 6.84. The molecular weight excluding hydrogens is 423 g/mol. The first kappa shape index (κ1) is 23.1. The lowest BCUT2D eigenvalue weighted by molar-refractivity contribution is -0.136. The number of carbonyl (C=O) groups is 2. The van der Waals surface area contributed by atoms with Crippen LogP contribution in [0.25, 0.3) is 0 Å². The van der Waals surface area contributed by atoms with Crippen LogP contribution >= 0.6 is 0 Å². The minimum absolute atomic E-state index is 0.0611. The van der Waals surface area contributed by atoms with Gasteiger partial charge in [-0.25, -0.2) is 4.39 Å². The van der Waals surface area contributed by atoms with Crippen molar-refractivity contribution >= 4 is 17.6 Å². The van der Waals surface area contributed by atoms with Gasteiger partial charge in [0.05, 0.1) is 12.5 Å². The van der Waals surface area contributed by atoms with Crippen LogP contribution in [0.3, 0.4) is 0 Å². The Bertz CT molecular complexity index is 988. The van der Waals surface area contributed by atoms with Gasteiger partial charge in [0.25, 0.3) is 5.91 Å². The Kier molecular flexibility index (Phi) is 7.16. The molecule has 7 heteroatoms. The summed E-state index contributed by atoms with van der Waals surface area (Å²) in [7, 11) is 0. The number of hydrogen-bond acceptors (Lipinski definition) is 4. The maximum atomic E-state index is 13.8. The molecule has 0 aromatic heterocycles. The molecule has 3 atom stereocenters. The summed E-state index contributed by atoms with van der Waals surface area (Å²) in [5.41, 5.74) is 2.41. The van der Waals surface area contributed by atoms with Crippen LogP contribution in [0.15, 0.2) is 42.5 Å². The van der Waals surface area contributed by atoms with E-state index in [4.69, 9.17) is 9.84 Å². The monoisotopic (exact) mass is 454 g/mol. The summed E-state index contributed by atoms with van der Waals surface area (Å²) < 4.78 is 20.1. The summed E-state index contributed by atoms with van der Waals surface area (Å²) in [4.78, 5) is 22.9. The molecule has 0 bridgehead atoms. The first-order valence-electron chi connectivity index (χ1n) is 11.7. The van der Waals surface area contributed by atoms with E-state index in [0.717, 1.165) is 24.1 Å². The van der Waals surface area contributed by atoms with E-state index in [1.165, 1.54) is 31.4 Å². The van der Waals surface area contributed by atoms with Gasteiger partial charge >= 0.3 is 5.97 Å². The molecule has 1 fully saturated rings. The van der Waals surface area contributed by atoms with Gasteiger partial charge in [0.2, 0.25) is 0 Å². The predicted octanol–water partition coefficient (Wildman–Crippen LogP) is 4.96. The molecule has 1 aliphatic heterocycles. The van der Waals surface area contributed by atoms with Gasteiger partial charge in [0, 0.05) is 35.3 Å². The van der Waals surface area contributed by atoms with Crippen molar-refractivity contribution in [3.05, 3.63) is 59.4 Å². The van der Waals surface area contributed by atoms with E-state index in [-0.39, 0.29) is 42.8 Å². The maximum absolute atomic E-state index is 13.8. The van der Waals surface area contributed by atoms with Crippen LogP contribution in [0, 0.1) is 11.7 Å². The third-order valence-corrected chi connectivity index (χ3v) is 6.84. The lowest BCUT2D eigenvalue weighted by Crippen LogP contribution is -2.44. The fourth-order valence-electron chi connectivity index (χ4n) is 5.05. The molecule has 2 aromatic carbocycles. The van der Waals surface area contributed by atoms with E-state index in [2.05, 4.69) is 17.6 Å². The Hall–Kier alpha value is -3.09. The topological polar surface area (TPSA) is 87.7 Å². The van der Waals surface area contributed by atoms with Crippen molar-refractivity contribution in [2.45, 2.75) is 63.5 Å². The number of amides is 1. The molecule has 33 heavy (non-hydrogen) atoms. The molecule has 0 radical (unpaired) electrons. The number of carbonyl (C=O) groups excluding carboxylic acids is 1. The highest BCUT2D eigenvalue weighted by molar-refractivity contribution is 5.94. The van der Waals surface area contributed by atoms with E-state index < -0.39 is 5.97 Å². The molecule has 1 aliphatic carbocycles. The molecule has 1 amide bonds. The minimum atomic E-state index is -0.947. The molecule has 2 aromatic rings. The second-order valence-corrected chi connectivity index (χ2v) is 9.10. The summed E-state index contributed by atoms with van der Waals surface area (Å²) in [5.74, 6) is -0.318. The molecule has 176 valence electrons. The van der Waals surface area contributed by atoms with Gasteiger partial charge in [-0.05, 0) is 49.1 Å². The van der Waals surface area contributed by atoms with Crippen molar-refractivity contribution in [3.63, 3.8) is 0 Å². The second kappa shape index (κ2) is 10.2. The Balaban J connectivity index is 1.48. The van der Waals surface area contributed by atoms with Crippen molar-refractivity contribution < 1.29 is 23.8 Å². The summed E-state index contributed by atoms with van der Waals surface area (Å²) in [6, 6.07) is 12.1. The number of benzene rings is 2. The lowest BCUT2D eigenvalue weighted by Gasteiger charge is -2.36. The zero-order valence-corrected chi connectivity index (χ0v) is 18.9. The Morgan fingerprint density at radius 1 is 1.12 bits per heavy atom. The number of nitrogens with one attached hydrogen (secondary N) is 2. The molecule has 0 spiro atoms. The summed E-state index contributed by atoms with van der Waals surface area (Å²) >= 11 is 0. The van der Waals surface area contributed by atoms with Crippen LogP contribution < -0.4 is 15.4 Å². The highest BCUT2D eigenvalue weighted by Crippen LogP contribution is 2.43. The van der Waals surface area contributed by atoms with E-state index in [9.17, 15) is 14.0 Å². The number of carboxylic acid groups (broad SMARTS) is 1. The molecule has 1 saturated carbocycles. The van der Waals surface area contributed by atoms with Gasteiger partial charge < -0.3 is 20.5 Å². The van der Waals surface area contributed by atoms with Crippen molar-refractivity contribution in [1.82, 2.24) is 5.32 Å². The Morgan fingerprint density at radius 2 is 1.85 bits per heavy atom. The average Bonchev–Trinajstić information content (AvgIpc) is 3.13. The van der Waals surface area contributed by atoms with Crippen LogP contribution in [0.1, 0.15) is 67.3 Å². The molecule has 1 heterocycles. The fourth-order valence-corrected chi connectivity index (χ4v) is 5.05. The first-order valence-corrected chi connectivity index (χ1v) is 11.7. The van der Waals surface area contributed by atoms with Crippen LogP contribution in [0.5, 0.6) is 5.75 Å². The maximum Gasteiger partial charge on any atom is 0.305 e. The standard InChI is InChI=1S/C26H31FN2O4/c1-16-21-12-9-19(27)15-22(21)33-25(16)24(17-5-3-2-4-6-17)29-20-10-7-18(8-11-20)26(32)28-14-13-23(30)31/h7-12,15-17,24-25,29H,2-6,13-14H2,1H3,(H,28,32)(H,30,31). The Morgan fingerprint density at radius 3 is 2.55 bits per heavy atom. The Labute approximate surface area is 193 Å². The largest absolute Gasteiger partial charge is 0.487 e. The summed E-state index contributed by atoms with van der Waals surface area (Å²) in [5, 5.41) is 15.0. The van der Waals surface area contributed by atoms with E-state index in [0.29, 0.717) is 17.2 Å². The second-order valence-electron chi connectivity index (χ2n) is 9.10. The highest BCUT2D eigenvalue weighted by Gasteiger charge is 2.41. The molecular formula is C26H31FN2O4. The molecule has 0 saturated heterocycles. The zero-order valence-electron chi connectivity index (χ0n) is 18.9. The quantitative estimate of drug-likeness (QED) is 0.525. The fraction of sp³-hybridized carbons (Fsp3) is 0.462. The third kappa shape index (κ3) is 5.46. The molecule has 4 rings (SSSR count). The van der Waals surface area contributed by atoms with Gasteiger partial charge in [0.15, 0.2) is 0 Å². The molecule has 3 unspecified atom stereocenters. The summed E-state index contributed by atoms with van der Waals surface area (Å²) in [6.07, 6.45) is 5.67. The smallest absolute Gasteiger partial charge is 0.305 e. The number of aliphatic carboxylic acids is 1. The van der Waals surface area contributed by atoms with Crippen molar-refractivity contribution in [2.75, 3.05) is 11.9 Å². The van der Waals surface area contributed by atoms with E-state index in [1.807, 2.05) is 18.2 Å². The van der Waals surface area contributed by atoms with E-state index in [1.54, 1.807) is 12.1 Å². The normalized spacial score (nSPS) is 21.0. The van der Waals surface area contributed by atoms with Crippen molar-refractivity contribution in [3.8, 4) is 5.75 Å². The van der Waals surface area contributed by atoms with Gasteiger partial charge in [-0.15, -0.1) is 0 Å². The number of halogens is 1. The van der Waals surface area contributed by atoms with Crippen LogP contribution in [-0.4, -0.2) is 35.7 Å². The number of rotatable bonds is 8. The first-order chi connectivity index (χ1) is 15.9. The average molecular weight is 455 g/mol. The van der Waals surface area contributed by atoms with Crippen LogP contribution in [0.2, 0.25) is 0 Å². The lowest BCUT2D eigenvalue weighted by atomic mass is 9.78. The molecule has 6 nitrogen and oxygen atoms in total. The number of hydrogen-bond donors (Lipinski definition) is 3. The predicted molar refractivity (Wildman–Crippen MR) is 124 cm³/mol. The number of carboxylic acids is 1. The van der Waals surface area contributed by atoms with Crippen LogP contribution in [0.4, 0.5) is 10.1 Å². The van der Waals surface area contributed by atoms with Crippen LogP contribution in [-0.2, 0) is 4.79 Å². The summed E-state index contributed by atoms with van der Waals surface area (Å²) in [6.45, 7) is 2.23. The van der Waals surface area contributed by atoms with Crippen molar-refractivity contribution in [2.24, 2.45) is 5.92 Å². The van der Waals surface area contributed by atoms with Crippen molar-refractivity contribution in [1.29, 1.82) is 0 Å². The molecule has 3 N–H and O–H groups in total.